The number of benzene rings is 1. The predicted octanol–water partition coefficient (Wildman–Crippen LogP) is 3.47. The van der Waals surface area contributed by atoms with Gasteiger partial charge in [-0.2, -0.15) is 0 Å². The Morgan fingerprint density at radius 2 is 2.04 bits per heavy atom. The van der Waals surface area contributed by atoms with Crippen molar-refractivity contribution in [1.29, 1.82) is 0 Å². The number of ether oxygens (including phenoxy) is 2. The van der Waals surface area contributed by atoms with E-state index in [1.54, 1.807) is 7.11 Å². The zero-order valence-corrected chi connectivity index (χ0v) is 14.4. The van der Waals surface area contributed by atoms with Gasteiger partial charge < -0.3 is 18.8 Å². The fraction of sp³-hybridized carbons (Fsp3) is 0.526. The lowest BCUT2D eigenvalue weighted by Crippen LogP contribution is -2.39. The minimum absolute atomic E-state index is 0.0342. The maximum atomic E-state index is 12.9. The number of amides is 1. The average Bonchev–Trinajstić information content (AvgIpc) is 2.99. The molecule has 0 N–H and O–H groups in total. The molecule has 2 aromatic rings. The molecule has 0 saturated carbocycles. The number of nitrogens with zero attached hydrogens (tertiary/aromatic N) is 1. The second-order valence-electron chi connectivity index (χ2n) is 6.23. The van der Waals surface area contributed by atoms with Crippen molar-refractivity contribution < 1.29 is 18.7 Å². The molecule has 24 heavy (non-hydrogen) atoms. The average molecular weight is 331 g/mol. The molecule has 2 heterocycles. The van der Waals surface area contributed by atoms with Crippen LogP contribution in [0.15, 0.2) is 28.7 Å². The smallest absolute Gasteiger partial charge is 0.289 e. The van der Waals surface area contributed by atoms with Crippen LogP contribution in [0.2, 0.25) is 0 Å². The monoisotopic (exact) mass is 331 g/mol. The van der Waals surface area contributed by atoms with E-state index < -0.39 is 0 Å². The van der Waals surface area contributed by atoms with Crippen molar-refractivity contribution in [2.75, 3.05) is 33.4 Å². The summed E-state index contributed by atoms with van der Waals surface area (Å²) in [5, 5.41) is 0.953. The standard InChI is InChI=1S/C19H25NO4/c1-3-23-12-14-8-10-20(11-9-14)19(21)18-16(13-22-2)15-6-4-5-7-17(15)24-18/h4-7,14H,3,8-13H2,1-2H3. The summed E-state index contributed by atoms with van der Waals surface area (Å²) in [5.41, 5.74) is 1.58. The van der Waals surface area contributed by atoms with Gasteiger partial charge in [0.15, 0.2) is 5.76 Å². The second-order valence-corrected chi connectivity index (χ2v) is 6.23. The van der Waals surface area contributed by atoms with Crippen LogP contribution >= 0.6 is 0 Å². The first-order chi connectivity index (χ1) is 11.7. The Hall–Kier alpha value is -1.85. The number of furan rings is 1. The lowest BCUT2D eigenvalue weighted by molar-refractivity contribution is 0.0525. The highest BCUT2D eigenvalue weighted by Gasteiger charge is 2.28. The molecule has 0 atom stereocenters. The van der Waals surface area contributed by atoms with Crippen LogP contribution in [0.25, 0.3) is 11.0 Å². The maximum Gasteiger partial charge on any atom is 0.289 e. The molecule has 1 saturated heterocycles. The topological polar surface area (TPSA) is 51.9 Å². The predicted molar refractivity (Wildman–Crippen MR) is 92.0 cm³/mol. The van der Waals surface area contributed by atoms with Crippen molar-refractivity contribution in [2.45, 2.75) is 26.4 Å². The van der Waals surface area contributed by atoms with Crippen molar-refractivity contribution >= 4 is 16.9 Å². The molecule has 0 aliphatic carbocycles. The van der Waals surface area contributed by atoms with Gasteiger partial charge in [0.25, 0.3) is 5.91 Å². The van der Waals surface area contributed by atoms with E-state index in [1.165, 1.54) is 0 Å². The molecule has 1 aliphatic rings. The van der Waals surface area contributed by atoms with E-state index in [0.29, 0.717) is 18.3 Å². The Labute approximate surface area is 142 Å². The van der Waals surface area contributed by atoms with Gasteiger partial charge in [-0.25, -0.2) is 0 Å². The number of carbonyl (C=O) groups is 1. The maximum absolute atomic E-state index is 12.9. The Morgan fingerprint density at radius 1 is 1.29 bits per heavy atom. The van der Waals surface area contributed by atoms with Gasteiger partial charge in [0.05, 0.1) is 6.61 Å². The molecule has 1 aromatic heterocycles. The Morgan fingerprint density at radius 3 is 2.75 bits per heavy atom. The van der Waals surface area contributed by atoms with Crippen LogP contribution in [0.1, 0.15) is 35.9 Å². The zero-order valence-electron chi connectivity index (χ0n) is 14.4. The van der Waals surface area contributed by atoms with Crippen molar-refractivity contribution in [2.24, 2.45) is 5.92 Å². The van der Waals surface area contributed by atoms with Crippen molar-refractivity contribution in [1.82, 2.24) is 4.90 Å². The molecule has 5 heteroatoms. The Bertz CT molecular complexity index is 686. The summed E-state index contributed by atoms with van der Waals surface area (Å²) >= 11 is 0. The van der Waals surface area contributed by atoms with Gasteiger partial charge in [0.2, 0.25) is 0 Å². The minimum atomic E-state index is -0.0342. The van der Waals surface area contributed by atoms with E-state index >= 15 is 0 Å². The molecule has 0 bridgehead atoms. The molecule has 1 fully saturated rings. The Balaban J connectivity index is 1.76. The van der Waals surface area contributed by atoms with Crippen LogP contribution in [-0.2, 0) is 16.1 Å². The number of fused-ring (bicyclic) bond motifs is 1. The summed E-state index contributed by atoms with van der Waals surface area (Å²) in [6.07, 6.45) is 1.96. The van der Waals surface area contributed by atoms with Gasteiger partial charge >= 0.3 is 0 Å². The summed E-state index contributed by atoms with van der Waals surface area (Å²) in [6, 6.07) is 7.72. The van der Waals surface area contributed by atoms with Gasteiger partial charge in [-0.1, -0.05) is 18.2 Å². The van der Waals surface area contributed by atoms with E-state index in [1.807, 2.05) is 36.1 Å². The highest BCUT2D eigenvalue weighted by atomic mass is 16.5. The van der Waals surface area contributed by atoms with Crippen LogP contribution in [0.3, 0.4) is 0 Å². The van der Waals surface area contributed by atoms with Gasteiger partial charge in [-0.05, 0) is 31.7 Å². The summed E-state index contributed by atoms with van der Waals surface area (Å²) in [7, 11) is 1.63. The minimum Gasteiger partial charge on any atom is -0.451 e. The van der Waals surface area contributed by atoms with E-state index in [4.69, 9.17) is 13.9 Å². The first-order valence-corrected chi connectivity index (χ1v) is 8.61. The van der Waals surface area contributed by atoms with Gasteiger partial charge in [0.1, 0.15) is 5.58 Å². The van der Waals surface area contributed by atoms with Crippen LogP contribution < -0.4 is 0 Å². The molecule has 1 aliphatic heterocycles. The van der Waals surface area contributed by atoms with Crippen LogP contribution in [0.4, 0.5) is 0 Å². The van der Waals surface area contributed by atoms with Gasteiger partial charge in [-0.3, -0.25) is 4.79 Å². The van der Waals surface area contributed by atoms with E-state index in [0.717, 1.165) is 55.7 Å². The first kappa shape index (κ1) is 17.0. The van der Waals surface area contributed by atoms with Gasteiger partial charge in [0, 0.05) is 44.4 Å². The molecule has 1 aromatic carbocycles. The molecule has 130 valence electrons. The second kappa shape index (κ2) is 7.81. The number of carbonyl (C=O) groups excluding carboxylic acids is 1. The lowest BCUT2D eigenvalue weighted by atomic mass is 9.97. The SMILES string of the molecule is CCOCC1CCN(C(=O)c2oc3ccccc3c2COC)CC1. The first-order valence-electron chi connectivity index (χ1n) is 8.61. The number of hydrogen-bond acceptors (Lipinski definition) is 4. The van der Waals surface area contributed by atoms with Gasteiger partial charge in [-0.15, -0.1) is 0 Å². The molecule has 5 nitrogen and oxygen atoms in total. The summed E-state index contributed by atoms with van der Waals surface area (Å²) < 4.78 is 16.7. The number of para-hydroxylation sites is 1. The normalized spacial score (nSPS) is 16.0. The highest BCUT2D eigenvalue weighted by Crippen LogP contribution is 2.29. The van der Waals surface area contributed by atoms with Crippen molar-refractivity contribution in [3.05, 3.63) is 35.6 Å². The van der Waals surface area contributed by atoms with Crippen molar-refractivity contribution in [3.63, 3.8) is 0 Å². The van der Waals surface area contributed by atoms with Crippen molar-refractivity contribution in [3.8, 4) is 0 Å². The van der Waals surface area contributed by atoms with Crippen LogP contribution in [0, 0.1) is 5.92 Å². The summed E-state index contributed by atoms with van der Waals surface area (Å²) in [6.45, 7) is 5.42. The third kappa shape index (κ3) is 3.47. The van der Waals surface area contributed by atoms with Crippen LogP contribution in [0.5, 0.6) is 0 Å². The number of methoxy groups -OCH3 is 1. The molecular weight excluding hydrogens is 306 g/mol. The number of piperidine rings is 1. The molecule has 0 radical (unpaired) electrons. The largest absolute Gasteiger partial charge is 0.451 e. The molecule has 1 amide bonds. The highest BCUT2D eigenvalue weighted by molar-refractivity contribution is 5.99. The quantitative estimate of drug-likeness (QED) is 0.813. The molecular formula is C19H25NO4. The number of rotatable bonds is 6. The number of hydrogen-bond donors (Lipinski definition) is 0. The molecule has 0 spiro atoms. The third-order valence-electron chi connectivity index (χ3n) is 4.64. The zero-order chi connectivity index (χ0) is 16.9. The van der Waals surface area contributed by atoms with Crippen LogP contribution in [-0.4, -0.2) is 44.2 Å². The van der Waals surface area contributed by atoms with E-state index in [9.17, 15) is 4.79 Å². The fourth-order valence-corrected chi connectivity index (χ4v) is 3.29. The van der Waals surface area contributed by atoms with E-state index in [2.05, 4.69) is 0 Å². The third-order valence-corrected chi connectivity index (χ3v) is 4.64. The fourth-order valence-electron chi connectivity index (χ4n) is 3.29. The molecule has 3 rings (SSSR count). The summed E-state index contributed by atoms with van der Waals surface area (Å²) in [5.74, 6) is 0.928. The van der Waals surface area contributed by atoms with E-state index in [-0.39, 0.29) is 5.91 Å². The lowest BCUT2D eigenvalue weighted by Gasteiger charge is -2.31. The Kier molecular flexibility index (Phi) is 5.53. The molecule has 0 unspecified atom stereocenters. The summed E-state index contributed by atoms with van der Waals surface area (Å²) in [4.78, 5) is 14.8. The number of likely N-dealkylation sites (tertiary alicyclic amines) is 1.